The van der Waals surface area contributed by atoms with Gasteiger partial charge in [-0.3, -0.25) is 0 Å². The number of rotatable bonds is 6. The number of methoxy groups -OCH3 is 1. The molecule has 0 aliphatic carbocycles. The van der Waals surface area contributed by atoms with Crippen molar-refractivity contribution in [2.45, 2.75) is 0 Å². The predicted molar refractivity (Wildman–Crippen MR) is 68.8 cm³/mol. The second-order valence-electron chi connectivity index (χ2n) is 3.64. The first kappa shape index (κ1) is 12.2. The van der Waals surface area contributed by atoms with E-state index in [9.17, 15) is 0 Å². The number of alkyl halides is 1. The Balaban J connectivity index is 2.30. The molecule has 0 amide bonds. The zero-order valence-electron chi connectivity index (χ0n) is 9.73. The standard InChI is InChI=1S/C12H15ClN2O2/c1-16-9-7-15(6-4-13)12-10-3-8-17-11(10)2-5-14-12/h2-3,5,8H,4,6-7,9H2,1H3. The summed E-state index contributed by atoms with van der Waals surface area (Å²) in [5, 5.41) is 1.01. The van der Waals surface area contributed by atoms with Gasteiger partial charge < -0.3 is 14.1 Å². The summed E-state index contributed by atoms with van der Waals surface area (Å²) >= 11 is 5.82. The molecule has 0 unspecified atom stereocenters. The van der Waals surface area contributed by atoms with Gasteiger partial charge in [0.15, 0.2) is 0 Å². The minimum atomic E-state index is 0.555. The van der Waals surface area contributed by atoms with E-state index in [-0.39, 0.29) is 0 Å². The van der Waals surface area contributed by atoms with Gasteiger partial charge in [-0.1, -0.05) is 0 Å². The lowest BCUT2D eigenvalue weighted by atomic mass is 10.3. The number of pyridine rings is 1. The van der Waals surface area contributed by atoms with Crippen molar-refractivity contribution in [3.63, 3.8) is 0 Å². The minimum Gasteiger partial charge on any atom is -0.464 e. The average molecular weight is 255 g/mol. The molecule has 0 N–H and O–H groups in total. The molecule has 0 radical (unpaired) electrons. The first-order valence-corrected chi connectivity index (χ1v) is 6.02. The highest BCUT2D eigenvalue weighted by atomic mass is 35.5. The Morgan fingerprint density at radius 3 is 3.06 bits per heavy atom. The van der Waals surface area contributed by atoms with E-state index in [0.717, 1.165) is 29.9 Å². The Kier molecular flexibility index (Phi) is 4.23. The number of anilines is 1. The van der Waals surface area contributed by atoms with Gasteiger partial charge in [-0.05, 0) is 12.1 Å². The molecule has 0 bridgehead atoms. The van der Waals surface area contributed by atoms with E-state index in [1.165, 1.54) is 0 Å². The van der Waals surface area contributed by atoms with Crippen molar-refractivity contribution < 1.29 is 9.15 Å². The number of hydrogen-bond donors (Lipinski definition) is 0. The molecule has 5 heteroatoms. The number of ether oxygens (including phenoxy) is 1. The third-order valence-electron chi connectivity index (χ3n) is 2.58. The van der Waals surface area contributed by atoms with Gasteiger partial charge in [0.1, 0.15) is 11.4 Å². The van der Waals surface area contributed by atoms with E-state index in [4.69, 9.17) is 20.8 Å². The van der Waals surface area contributed by atoms with Crippen LogP contribution < -0.4 is 4.90 Å². The van der Waals surface area contributed by atoms with Crippen LogP contribution in [0, 0.1) is 0 Å². The molecule has 0 saturated heterocycles. The summed E-state index contributed by atoms with van der Waals surface area (Å²) in [5.41, 5.74) is 0.840. The fraction of sp³-hybridized carbons (Fsp3) is 0.417. The second kappa shape index (κ2) is 5.89. The van der Waals surface area contributed by atoms with Crippen molar-refractivity contribution in [3.05, 3.63) is 24.6 Å². The molecule has 2 aromatic heterocycles. The van der Waals surface area contributed by atoms with Crippen molar-refractivity contribution in [1.82, 2.24) is 4.98 Å². The fourth-order valence-electron chi connectivity index (χ4n) is 1.76. The van der Waals surface area contributed by atoms with Gasteiger partial charge in [0, 0.05) is 32.3 Å². The van der Waals surface area contributed by atoms with Crippen molar-refractivity contribution in [2.24, 2.45) is 0 Å². The van der Waals surface area contributed by atoms with Crippen LogP contribution in [0.1, 0.15) is 0 Å². The summed E-state index contributed by atoms with van der Waals surface area (Å²) in [4.78, 5) is 6.51. The quantitative estimate of drug-likeness (QED) is 0.743. The normalized spacial score (nSPS) is 10.9. The molecule has 2 rings (SSSR count). The van der Waals surface area contributed by atoms with Crippen LogP contribution in [0.4, 0.5) is 5.82 Å². The summed E-state index contributed by atoms with van der Waals surface area (Å²) < 4.78 is 10.5. The summed E-state index contributed by atoms with van der Waals surface area (Å²) in [7, 11) is 1.69. The summed E-state index contributed by atoms with van der Waals surface area (Å²) in [6, 6.07) is 3.78. The Hall–Kier alpha value is -1.26. The molecule has 92 valence electrons. The molecule has 0 saturated carbocycles. The Labute approximate surface area is 105 Å². The minimum absolute atomic E-state index is 0.555. The van der Waals surface area contributed by atoms with Gasteiger partial charge in [-0.25, -0.2) is 4.98 Å². The maximum Gasteiger partial charge on any atom is 0.139 e. The van der Waals surface area contributed by atoms with Crippen LogP contribution in [0.25, 0.3) is 11.0 Å². The highest BCUT2D eigenvalue weighted by Crippen LogP contribution is 2.24. The van der Waals surface area contributed by atoms with Gasteiger partial charge in [-0.15, -0.1) is 11.6 Å². The molecule has 0 atom stereocenters. The van der Waals surface area contributed by atoms with Crippen LogP contribution >= 0.6 is 11.6 Å². The molecular weight excluding hydrogens is 240 g/mol. The van der Waals surface area contributed by atoms with Crippen molar-refractivity contribution in [2.75, 3.05) is 37.6 Å². The highest BCUT2D eigenvalue weighted by molar-refractivity contribution is 6.18. The van der Waals surface area contributed by atoms with Gasteiger partial charge >= 0.3 is 0 Å². The predicted octanol–water partition coefficient (Wildman–Crippen LogP) is 2.52. The van der Waals surface area contributed by atoms with Crippen molar-refractivity contribution in [3.8, 4) is 0 Å². The average Bonchev–Trinajstić information content (AvgIpc) is 2.82. The number of furan rings is 1. The molecule has 17 heavy (non-hydrogen) atoms. The molecule has 2 aromatic rings. The number of aromatic nitrogens is 1. The molecule has 0 aliphatic heterocycles. The summed E-state index contributed by atoms with van der Waals surface area (Å²) in [6.45, 7) is 2.15. The van der Waals surface area contributed by atoms with Crippen LogP contribution in [0.2, 0.25) is 0 Å². The van der Waals surface area contributed by atoms with E-state index in [2.05, 4.69) is 9.88 Å². The Morgan fingerprint density at radius 1 is 1.41 bits per heavy atom. The lowest BCUT2D eigenvalue weighted by molar-refractivity contribution is 0.205. The second-order valence-corrected chi connectivity index (χ2v) is 4.01. The lowest BCUT2D eigenvalue weighted by Gasteiger charge is -2.22. The van der Waals surface area contributed by atoms with Crippen LogP contribution in [0.5, 0.6) is 0 Å². The SMILES string of the molecule is COCCN(CCCl)c1nccc2occc12. The first-order chi connectivity index (χ1) is 8.36. The smallest absolute Gasteiger partial charge is 0.139 e. The summed E-state index contributed by atoms with van der Waals surface area (Å²) in [6.07, 6.45) is 3.42. The maximum atomic E-state index is 5.82. The van der Waals surface area contributed by atoms with Crippen LogP contribution in [-0.4, -0.2) is 37.7 Å². The number of hydrogen-bond acceptors (Lipinski definition) is 4. The molecule has 0 aliphatic rings. The van der Waals surface area contributed by atoms with E-state index < -0.39 is 0 Å². The third-order valence-corrected chi connectivity index (χ3v) is 2.75. The lowest BCUT2D eigenvalue weighted by Crippen LogP contribution is -2.30. The van der Waals surface area contributed by atoms with Crippen LogP contribution in [0.15, 0.2) is 29.0 Å². The van der Waals surface area contributed by atoms with E-state index >= 15 is 0 Å². The van der Waals surface area contributed by atoms with Crippen LogP contribution in [0.3, 0.4) is 0 Å². The number of nitrogens with zero attached hydrogens (tertiary/aromatic N) is 2. The maximum absolute atomic E-state index is 5.82. The molecule has 0 aromatic carbocycles. The van der Waals surface area contributed by atoms with Gasteiger partial charge in [0.25, 0.3) is 0 Å². The molecular formula is C12H15ClN2O2. The third kappa shape index (κ3) is 2.70. The zero-order chi connectivity index (χ0) is 12.1. The number of fused-ring (bicyclic) bond motifs is 1. The van der Waals surface area contributed by atoms with Crippen molar-refractivity contribution >= 4 is 28.4 Å². The Morgan fingerprint density at radius 2 is 2.29 bits per heavy atom. The summed E-state index contributed by atoms with van der Waals surface area (Å²) in [5.74, 6) is 1.45. The van der Waals surface area contributed by atoms with E-state index in [0.29, 0.717) is 12.5 Å². The molecule has 4 nitrogen and oxygen atoms in total. The fourth-order valence-corrected chi connectivity index (χ4v) is 1.96. The van der Waals surface area contributed by atoms with E-state index in [1.54, 1.807) is 19.6 Å². The van der Waals surface area contributed by atoms with Gasteiger partial charge in [-0.2, -0.15) is 0 Å². The molecule has 0 spiro atoms. The highest BCUT2D eigenvalue weighted by Gasteiger charge is 2.12. The van der Waals surface area contributed by atoms with Crippen LogP contribution in [-0.2, 0) is 4.74 Å². The molecule has 0 fully saturated rings. The first-order valence-electron chi connectivity index (χ1n) is 5.49. The zero-order valence-corrected chi connectivity index (χ0v) is 10.5. The van der Waals surface area contributed by atoms with Crippen molar-refractivity contribution in [1.29, 1.82) is 0 Å². The van der Waals surface area contributed by atoms with Gasteiger partial charge in [0.05, 0.1) is 18.3 Å². The largest absolute Gasteiger partial charge is 0.464 e. The van der Waals surface area contributed by atoms with Gasteiger partial charge in [0.2, 0.25) is 0 Å². The number of halogens is 1. The monoisotopic (exact) mass is 254 g/mol. The Bertz CT molecular complexity index is 472. The topological polar surface area (TPSA) is 38.5 Å². The molecule has 2 heterocycles. The van der Waals surface area contributed by atoms with E-state index in [1.807, 2.05) is 12.1 Å².